The van der Waals surface area contributed by atoms with E-state index in [0.29, 0.717) is 5.92 Å². The first-order valence-electron chi connectivity index (χ1n) is 5.75. The Kier molecular flexibility index (Phi) is 2.17. The molecule has 2 aliphatic carbocycles. The quantitative estimate of drug-likeness (QED) is 0.537. The molecule has 1 fully saturated rings. The fourth-order valence-electron chi connectivity index (χ4n) is 2.73. The second-order valence-corrected chi connectivity index (χ2v) is 4.98. The maximum atomic E-state index is 8.92. The minimum Gasteiger partial charge on any atom is -0.342 e. The molecule has 1 saturated heterocycles. The molecule has 0 saturated carbocycles. The van der Waals surface area contributed by atoms with Crippen molar-refractivity contribution < 1.29 is 9.47 Å². The lowest BCUT2D eigenvalue weighted by atomic mass is 9.87. The summed E-state index contributed by atoms with van der Waals surface area (Å²) >= 11 is 0. The van der Waals surface area contributed by atoms with Gasteiger partial charge in [-0.05, 0) is 36.8 Å². The molecule has 5 unspecified atom stereocenters. The first-order valence-corrected chi connectivity index (χ1v) is 5.75. The van der Waals surface area contributed by atoms with Crippen molar-refractivity contribution in [1.29, 1.82) is 5.26 Å². The highest BCUT2D eigenvalue weighted by molar-refractivity contribution is 5.28. The molecule has 16 heavy (non-hydrogen) atoms. The number of nitrogens with zero attached hydrogens (tertiary/aromatic N) is 1. The number of allylic oxidation sites excluding steroid dienone is 1. The van der Waals surface area contributed by atoms with Crippen molar-refractivity contribution in [2.24, 2.45) is 11.8 Å². The number of rotatable bonds is 3. The van der Waals surface area contributed by atoms with E-state index in [-0.39, 0.29) is 24.4 Å². The van der Waals surface area contributed by atoms with Crippen molar-refractivity contribution >= 4 is 0 Å². The van der Waals surface area contributed by atoms with Crippen molar-refractivity contribution in [3.8, 4) is 6.07 Å². The molecule has 3 aliphatic rings. The number of nitriles is 1. The van der Waals surface area contributed by atoms with E-state index in [9.17, 15) is 0 Å². The molecule has 0 aromatic heterocycles. The molecule has 3 heteroatoms. The van der Waals surface area contributed by atoms with Gasteiger partial charge in [0.15, 0.2) is 6.29 Å². The van der Waals surface area contributed by atoms with Crippen molar-refractivity contribution in [1.82, 2.24) is 0 Å². The summed E-state index contributed by atoms with van der Waals surface area (Å²) in [5, 5.41) is 8.92. The Hall–Kier alpha value is -1.11. The maximum absolute atomic E-state index is 8.92. The van der Waals surface area contributed by atoms with Gasteiger partial charge in [0.2, 0.25) is 0 Å². The standard InChI is InChI=1S/C13H15NO2/c1-7(2)12-13(16-12)15-11-5-8-3-9(11)4-10(8)6-14/h3,8,10-13H,1,4-5H2,2H3. The summed E-state index contributed by atoms with van der Waals surface area (Å²) in [5.74, 6) is 0.596. The lowest BCUT2D eigenvalue weighted by molar-refractivity contribution is -0.00470. The lowest BCUT2D eigenvalue weighted by Gasteiger charge is -2.23. The predicted octanol–water partition coefficient (Wildman–Crippen LogP) is 2.16. The van der Waals surface area contributed by atoms with Gasteiger partial charge in [-0.1, -0.05) is 12.7 Å². The number of hydrogen-bond acceptors (Lipinski definition) is 3. The van der Waals surface area contributed by atoms with E-state index in [1.165, 1.54) is 5.57 Å². The molecule has 1 heterocycles. The van der Waals surface area contributed by atoms with Crippen LogP contribution in [0.4, 0.5) is 0 Å². The molecule has 0 aromatic carbocycles. The van der Waals surface area contributed by atoms with Crippen LogP contribution < -0.4 is 0 Å². The van der Waals surface area contributed by atoms with Crippen LogP contribution in [-0.4, -0.2) is 18.5 Å². The van der Waals surface area contributed by atoms with E-state index in [1.807, 2.05) is 6.92 Å². The Morgan fingerprint density at radius 3 is 3.00 bits per heavy atom. The van der Waals surface area contributed by atoms with Gasteiger partial charge in [0, 0.05) is 0 Å². The third kappa shape index (κ3) is 1.50. The number of fused-ring (bicyclic) bond motifs is 1. The van der Waals surface area contributed by atoms with Gasteiger partial charge in [0.1, 0.15) is 6.10 Å². The molecule has 5 atom stereocenters. The van der Waals surface area contributed by atoms with Gasteiger partial charge in [-0.25, -0.2) is 0 Å². The summed E-state index contributed by atoms with van der Waals surface area (Å²) in [7, 11) is 0. The van der Waals surface area contributed by atoms with E-state index >= 15 is 0 Å². The topological polar surface area (TPSA) is 45.5 Å². The third-order valence-corrected chi connectivity index (χ3v) is 3.70. The fraction of sp³-hybridized carbons (Fsp3) is 0.615. The van der Waals surface area contributed by atoms with E-state index < -0.39 is 0 Å². The van der Waals surface area contributed by atoms with Crippen LogP contribution >= 0.6 is 0 Å². The Morgan fingerprint density at radius 2 is 2.50 bits per heavy atom. The van der Waals surface area contributed by atoms with Gasteiger partial charge >= 0.3 is 0 Å². The Labute approximate surface area is 95.3 Å². The molecule has 84 valence electrons. The lowest BCUT2D eigenvalue weighted by Crippen LogP contribution is -2.24. The highest BCUT2D eigenvalue weighted by Crippen LogP contribution is 2.46. The normalized spacial score (nSPS) is 44.0. The minimum absolute atomic E-state index is 0.0893. The van der Waals surface area contributed by atoms with Crippen LogP contribution in [0.1, 0.15) is 19.8 Å². The number of hydrogen-bond donors (Lipinski definition) is 0. The van der Waals surface area contributed by atoms with E-state index in [2.05, 4.69) is 18.7 Å². The molecule has 0 radical (unpaired) electrons. The predicted molar refractivity (Wildman–Crippen MR) is 58.3 cm³/mol. The molecule has 0 amide bonds. The molecule has 0 spiro atoms. The highest BCUT2D eigenvalue weighted by atomic mass is 16.8. The smallest absolute Gasteiger partial charge is 0.189 e. The second-order valence-electron chi connectivity index (χ2n) is 4.98. The molecule has 3 rings (SSSR count). The molecule has 0 aromatic rings. The first-order chi connectivity index (χ1) is 7.69. The highest BCUT2D eigenvalue weighted by Gasteiger charge is 2.47. The SMILES string of the molecule is C=C(C)C1OC1OC1CC2C=C1CC2C#N. The van der Waals surface area contributed by atoms with Crippen LogP contribution in [0.3, 0.4) is 0 Å². The van der Waals surface area contributed by atoms with Crippen molar-refractivity contribution in [3.63, 3.8) is 0 Å². The summed E-state index contributed by atoms with van der Waals surface area (Å²) in [5.41, 5.74) is 2.32. The van der Waals surface area contributed by atoms with E-state index in [1.54, 1.807) is 0 Å². The number of ether oxygens (including phenoxy) is 2. The van der Waals surface area contributed by atoms with Gasteiger partial charge in [-0.15, -0.1) is 0 Å². The summed E-state index contributed by atoms with van der Waals surface area (Å²) in [6.07, 6.45) is 4.24. The van der Waals surface area contributed by atoms with Crippen LogP contribution in [0.25, 0.3) is 0 Å². The zero-order valence-corrected chi connectivity index (χ0v) is 9.35. The van der Waals surface area contributed by atoms with Crippen LogP contribution in [-0.2, 0) is 9.47 Å². The molecular weight excluding hydrogens is 202 g/mol. The largest absolute Gasteiger partial charge is 0.342 e. The van der Waals surface area contributed by atoms with Crippen LogP contribution in [0.5, 0.6) is 0 Å². The fourth-order valence-corrected chi connectivity index (χ4v) is 2.73. The zero-order chi connectivity index (χ0) is 11.3. The van der Waals surface area contributed by atoms with Crippen molar-refractivity contribution in [2.45, 2.75) is 38.3 Å². The first kappa shape index (κ1) is 10.1. The monoisotopic (exact) mass is 217 g/mol. The van der Waals surface area contributed by atoms with Crippen molar-refractivity contribution in [2.75, 3.05) is 0 Å². The van der Waals surface area contributed by atoms with Gasteiger partial charge in [0.25, 0.3) is 0 Å². The molecule has 2 bridgehead atoms. The zero-order valence-electron chi connectivity index (χ0n) is 9.35. The van der Waals surface area contributed by atoms with Gasteiger partial charge in [-0.3, -0.25) is 0 Å². The minimum atomic E-state index is -0.0942. The Bertz CT molecular complexity index is 407. The van der Waals surface area contributed by atoms with Gasteiger partial charge in [0.05, 0.1) is 18.1 Å². The van der Waals surface area contributed by atoms with E-state index in [0.717, 1.165) is 18.4 Å². The number of epoxide rings is 1. The molecular formula is C13H15NO2. The summed E-state index contributed by atoms with van der Waals surface area (Å²) in [6.45, 7) is 5.81. The molecule has 1 aliphatic heterocycles. The average Bonchev–Trinajstić information content (AvgIpc) is 2.77. The van der Waals surface area contributed by atoms with Gasteiger partial charge in [-0.2, -0.15) is 5.26 Å². The third-order valence-electron chi connectivity index (χ3n) is 3.70. The second kappa shape index (κ2) is 3.44. The maximum Gasteiger partial charge on any atom is 0.189 e. The summed E-state index contributed by atoms with van der Waals surface area (Å²) in [6, 6.07) is 2.36. The van der Waals surface area contributed by atoms with Gasteiger partial charge < -0.3 is 9.47 Å². The van der Waals surface area contributed by atoms with Crippen LogP contribution in [0, 0.1) is 23.2 Å². The summed E-state index contributed by atoms with van der Waals surface area (Å²) in [4.78, 5) is 0. The van der Waals surface area contributed by atoms with E-state index in [4.69, 9.17) is 14.7 Å². The van der Waals surface area contributed by atoms with Crippen LogP contribution in [0.15, 0.2) is 23.8 Å². The molecule has 3 nitrogen and oxygen atoms in total. The van der Waals surface area contributed by atoms with Crippen molar-refractivity contribution in [3.05, 3.63) is 23.8 Å². The average molecular weight is 217 g/mol. The summed E-state index contributed by atoms with van der Waals surface area (Å²) < 4.78 is 11.2. The van der Waals surface area contributed by atoms with Crippen LogP contribution in [0.2, 0.25) is 0 Å². The molecule has 0 N–H and O–H groups in total. The Morgan fingerprint density at radius 1 is 1.69 bits per heavy atom. The Balaban J connectivity index is 1.56.